The van der Waals surface area contributed by atoms with Gasteiger partial charge in [0.25, 0.3) is 5.91 Å². The number of hydrogen-bond donors (Lipinski definition) is 2. The fourth-order valence-corrected chi connectivity index (χ4v) is 4.96. The molecule has 26 heavy (non-hydrogen) atoms. The minimum atomic E-state index is -4.07. The summed E-state index contributed by atoms with van der Waals surface area (Å²) in [4.78, 5) is 25.1. The van der Waals surface area contributed by atoms with Crippen molar-refractivity contribution in [3.63, 3.8) is 0 Å². The quantitative estimate of drug-likeness (QED) is 0.744. The van der Waals surface area contributed by atoms with Crippen molar-refractivity contribution in [2.75, 3.05) is 24.0 Å². The molecule has 2 aromatic carbocycles. The van der Waals surface area contributed by atoms with Crippen molar-refractivity contribution in [1.82, 2.24) is 4.72 Å². The number of sulfonamides is 1. The number of nitrogens with zero attached hydrogens (tertiary/aromatic N) is 1. The Bertz CT molecular complexity index is 1000. The highest BCUT2D eigenvalue weighted by Crippen LogP contribution is 2.39. The Kier molecular flexibility index (Phi) is 4.96. The van der Waals surface area contributed by atoms with Crippen LogP contribution in [0.25, 0.3) is 10.8 Å². The number of hydrogen-bond acceptors (Lipinski definition) is 5. The summed E-state index contributed by atoms with van der Waals surface area (Å²) in [7, 11) is -2.44. The molecule has 0 aliphatic carbocycles. The van der Waals surface area contributed by atoms with Crippen molar-refractivity contribution in [3.05, 3.63) is 35.9 Å². The van der Waals surface area contributed by atoms with Crippen LogP contribution in [0.2, 0.25) is 0 Å². The molecule has 0 radical (unpaired) electrons. The summed E-state index contributed by atoms with van der Waals surface area (Å²) in [6, 6.07) is 6.68. The molecule has 0 saturated carbocycles. The molecule has 1 amide bonds. The van der Waals surface area contributed by atoms with Crippen LogP contribution < -0.4 is 9.62 Å². The van der Waals surface area contributed by atoms with E-state index in [0.717, 1.165) is 0 Å². The zero-order valence-corrected chi connectivity index (χ0v) is 15.9. The second kappa shape index (κ2) is 6.90. The van der Waals surface area contributed by atoms with Gasteiger partial charge in [0.2, 0.25) is 10.0 Å². The van der Waals surface area contributed by atoms with Crippen LogP contribution in [-0.2, 0) is 14.8 Å². The standard InChI is InChI=1S/C17H18N2O5S2/c1-19-13-6-7-14(10-4-3-5-11(15(10)13)16(19)20)26(23,24)18-12(17(21)22)8-9-25-2/h3-7,12,18H,8-9H2,1-2H3,(H,21,22)/t12-/m0/s1. The molecule has 3 rings (SSSR count). The van der Waals surface area contributed by atoms with Crippen LogP contribution in [-0.4, -0.2) is 50.5 Å². The minimum absolute atomic E-state index is 0.0309. The zero-order chi connectivity index (χ0) is 19.1. The van der Waals surface area contributed by atoms with Crippen molar-refractivity contribution in [1.29, 1.82) is 0 Å². The first-order valence-electron chi connectivity index (χ1n) is 7.86. The topological polar surface area (TPSA) is 104 Å². The number of carboxylic acids is 1. The average Bonchev–Trinajstić information content (AvgIpc) is 2.85. The van der Waals surface area contributed by atoms with Crippen molar-refractivity contribution in [2.24, 2.45) is 0 Å². The van der Waals surface area contributed by atoms with Crippen LogP contribution in [0, 0.1) is 0 Å². The average molecular weight is 394 g/mol. The fourth-order valence-electron chi connectivity index (χ4n) is 3.06. The molecule has 0 spiro atoms. The molecule has 9 heteroatoms. The summed E-state index contributed by atoms with van der Waals surface area (Å²) in [6.45, 7) is 0. The molecule has 0 aromatic heterocycles. The Balaban J connectivity index is 2.08. The van der Waals surface area contributed by atoms with Gasteiger partial charge in [-0.3, -0.25) is 9.59 Å². The number of aliphatic carboxylic acids is 1. The third kappa shape index (κ3) is 3.06. The predicted octanol–water partition coefficient (Wildman–Crippen LogP) is 1.91. The second-order valence-corrected chi connectivity index (χ2v) is 8.64. The zero-order valence-electron chi connectivity index (χ0n) is 14.2. The number of anilines is 1. The van der Waals surface area contributed by atoms with Crippen LogP contribution in [0.1, 0.15) is 16.8 Å². The third-order valence-electron chi connectivity index (χ3n) is 4.37. The molecular formula is C17H18N2O5S2. The SMILES string of the molecule is CSCC[C@H](NS(=O)(=O)c1ccc2c3c(cccc13)C(=O)N2C)C(=O)O. The van der Waals surface area contributed by atoms with Gasteiger partial charge in [0.1, 0.15) is 6.04 Å². The van der Waals surface area contributed by atoms with E-state index >= 15 is 0 Å². The van der Waals surface area contributed by atoms with Gasteiger partial charge in [-0.1, -0.05) is 12.1 Å². The Hall–Kier alpha value is -2.10. The maximum Gasteiger partial charge on any atom is 0.321 e. The van der Waals surface area contributed by atoms with Gasteiger partial charge in [-0.25, -0.2) is 8.42 Å². The van der Waals surface area contributed by atoms with Crippen LogP contribution in [0.15, 0.2) is 35.2 Å². The predicted molar refractivity (Wildman–Crippen MR) is 101 cm³/mol. The van der Waals surface area contributed by atoms with Gasteiger partial charge in [0, 0.05) is 23.4 Å². The molecule has 1 aliphatic heterocycles. The lowest BCUT2D eigenvalue weighted by Gasteiger charge is -2.16. The number of amides is 1. The summed E-state index contributed by atoms with van der Waals surface area (Å²) in [5, 5.41) is 10.3. The normalized spacial score (nSPS) is 14.8. The highest BCUT2D eigenvalue weighted by molar-refractivity contribution is 7.98. The maximum absolute atomic E-state index is 12.9. The highest BCUT2D eigenvalue weighted by Gasteiger charge is 2.31. The van der Waals surface area contributed by atoms with Gasteiger partial charge < -0.3 is 10.0 Å². The molecule has 0 bridgehead atoms. The van der Waals surface area contributed by atoms with E-state index in [1.807, 2.05) is 6.26 Å². The van der Waals surface area contributed by atoms with Crippen molar-refractivity contribution < 1.29 is 23.1 Å². The van der Waals surface area contributed by atoms with Gasteiger partial charge in [0.15, 0.2) is 0 Å². The molecule has 0 saturated heterocycles. The Morgan fingerprint density at radius 3 is 2.69 bits per heavy atom. The number of carbonyl (C=O) groups is 2. The molecular weight excluding hydrogens is 376 g/mol. The monoisotopic (exact) mass is 394 g/mol. The first-order chi connectivity index (χ1) is 12.3. The molecule has 7 nitrogen and oxygen atoms in total. The molecule has 0 unspecified atom stereocenters. The number of carboxylic acid groups (broad SMARTS) is 1. The van der Waals surface area contributed by atoms with E-state index in [1.165, 1.54) is 22.7 Å². The lowest BCUT2D eigenvalue weighted by Crippen LogP contribution is -2.41. The Morgan fingerprint density at radius 1 is 1.31 bits per heavy atom. The molecule has 138 valence electrons. The van der Waals surface area contributed by atoms with E-state index in [1.54, 1.807) is 31.3 Å². The first-order valence-corrected chi connectivity index (χ1v) is 10.7. The van der Waals surface area contributed by atoms with Crippen LogP contribution in [0.5, 0.6) is 0 Å². The van der Waals surface area contributed by atoms with Crippen molar-refractivity contribution in [3.8, 4) is 0 Å². The van der Waals surface area contributed by atoms with Crippen LogP contribution >= 0.6 is 11.8 Å². The van der Waals surface area contributed by atoms with Gasteiger partial charge in [0.05, 0.1) is 10.6 Å². The van der Waals surface area contributed by atoms with E-state index in [4.69, 9.17) is 0 Å². The summed E-state index contributed by atoms with van der Waals surface area (Å²) < 4.78 is 28.0. The molecule has 1 heterocycles. The Morgan fingerprint density at radius 2 is 2.04 bits per heavy atom. The lowest BCUT2D eigenvalue weighted by molar-refractivity contribution is -0.139. The van der Waals surface area contributed by atoms with Gasteiger partial charge in [-0.05, 0) is 36.6 Å². The van der Waals surface area contributed by atoms with Crippen molar-refractivity contribution >= 4 is 50.1 Å². The highest BCUT2D eigenvalue weighted by atomic mass is 32.2. The second-order valence-electron chi connectivity index (χ2n) is 5.97. The van der Waals surface area contributed by atoms with E-state index in [9.17, 15) is 23.1 Å². The lowest BCUT2D eigenvalue weighted by atomic mass is 10.1. The summed E-state index contributed by atoms with van der Waals surface area (Å²) in [5.74, 6) is -0.900. The minimum Gasteiger partial charge on any atom is -0.480 e. The largest absolute Gasteiger partial charge is 0.480 e. The Labute approximate surface area is 155 Å². The number of benzene rings is 2. The van der Waals surface area contributed by atoms with Gasteiger partial charge >= 0.3 is 5.97 Å². The van der Waals surface area contributed by atoms with E-state index < -0.39 is 22.0 Å². The van der Waals surface area contributed by atoms with Gasteiger partial charge in [-0.2, -0.15) is 16.5 Å². The number of nitrogens with one attached hydrogen (secondary N) is 1. The number of carbonyl (C=O) groups excluding carboxylic acids is 1. The number of rotatable bonds is 7. The number of thioether (sulfide) groups is 1. The van der Waals surface area contributed by atoms with E-state index in [-0.39, 0.29) is 17.2 Å². The third-order valence-corrected chi connectivity index (χ3v) is 6.54. The maximum atomic E-state index is 12.9. The molecule has 0 fully saturated rings. The van der Waals surface area contributed by atoms with E-state index in [2.05, 4.69) is 4.72 Å². The molecule has 1 atom stereocenters. The summed E-state index contributed by atoms with van der Waals surface area (Å²) >= 11 is 1.44. The summed E-state index contributed by atoms with van der Waals surface area (Å²) in [5.41, 5.74) is 1.07. The van der Waals surface area contributed by atoms with Crippen LogP contribution in [0.3, 0.4) is 0 Å². The smallest absolute Gasteiger partial charge is 0.321 e. The van der Waals surface area contributed by atoms with E-state index in [0.29, 0.717) is 27.8 Å². The van der Waals surface area contributed by atoms with Crippen molar-refractivity contribution in [2.45, 2.75) is 17.4 Å². The molecule has 2 N–H and O–H groups in total. The van der Waals surface area contributed by atoms with Crippen LogP contribution in [0.4, 0.5) is 5.69 Å². The van der Waals surface area contributed by atoms with Gasteiger partial charge in [-0.15, -0.1) is 0 Å². The molecule has 2 aromatic rings. The fraction of sp³-hybridized carbons (Fsp3) is 0.294. The molecule has 1 aliphatic rings. The summed E-state index contributed by atoms with van der Waals surface area (Å²) in [6.07, 6.45) is 2.00. The first kappa shape index (κ1) is 18.7.